The van der Waals surface area contributed by atoms with Gasteiger partial charge >= 0.3 is 12.1 Å². The third-order valence-corrected chi connectivity index (χ3v) is 3.86. The first-order valence-electron chi connectivity index (χ1n) is 8.00. The highest BCUT2D eigenvalue weighted by Crippen LogP contribution is 2.31. The zero-order valence-corrected chi connectivity index (χ0v) is 15.4. The molecule has 0 aliphatic heterocycles. The number of hydrogen-bond donors (Lipinski definition) is 0. The molecule has 0 radical (unpaired) electrons. The van der Waals surface area contributed by atoms with E-state index in [4.69, 9.17) is 16.3 Å². The van der Waals surface area contributed by atoms with E-state index < -0.39 is 17.8 Å². The number of nitrogens with zero attached hydrogens (tertiary/aromatic N) is 5. The first kappa shape index (κ1) is 19.7. The molecule has 28 heavy (non-hydrogen) atoms. The van der Waals surface area contributed by atoms with Gasteiger partial charge < -0.3 is 4.74 Å². The molecule has 0 saturated carbocycles. The maximum atomic E-state index is 13.0. The van der Waals surface area contributed by atoms with Crippen molar-refractivity contribution in [3.05, 3.63) is 53.0 Å². The lowest BCUT2D eigenvalue weighted by molar-refractivity contribution is -0.141. The van der Waals surface area contributed by atoms with Gasteiger partial charge in [-0.15, -0.1) is 0 Å². The number of pyridine rings is 1. The van der Waals surface area contributed by atoms with Crippen LogP contribution in [0.2, 0.25) is 5.28 Å². The van der Waals surface area contributed by atoms with Crippen molar-refractivity contribution >= 4 is 17.6 Å². The summed E-state index contributed by atoms with van der Waals surface area (Å²) in [5.41, 5.74) is -0.0148. The maximum Gasteiger partial charge on any atom is 0.435 e. The minimum atomic E-state index is -4.61. The predicted molar refractivity (Wildman–Crippen MR) is 93.1 cm³/mol. The van der Waals surface area contributed by atoms with Crippen LogP contribution < -0.4 is 0 Å². The summed E-state index contributed by atoms with van der Waals surface area (Å²) >= 11 is 5.85. The Kier molecular flexibility index (Phi) is 5.32. The largest absolute Gasteiger partial charge is 0.462 e. The summed E-state index contributed by atoms with van der Waals surface area (Å²) in [5.74, 6) is -0.557. The molecule has 0 saturated heterocycles. The van der Waals surface area contributed by atoms with Gasteiger partial charge in [0.2, 0.25) is 5.28 Å². The molecular formula is C17H13ClF3N5O2. The number of esters is 1. The Hall–Kier alpha value is -3.01. The Morgan fingerprint density at radius 2 is 2.00 bits per heavy atom. The molecular weight excluding hydrogens is 399 g/mol. The van der Waals surface area contributed by atoms with Crippen molar-refractivity contribution in [2.75, 3.05) is 6.61 Å². The summed E-state index contributed by atoms with van der Waals surface area (Å²) in [4.78, 5) is 23.9. The molecule has 7 nitrogen and oxygen atoms in total. The molecule has 0 spiro atoms. The fraction of sp³-hybridized carbons (Fsp3) is 0.235. The second-order valence-electron chi connectivity index (χ2n) is 5.64. The van der Waals surface area contributed by atoms with E-state index in [0.717, 1.165) is 10.7 Å². The van der Waals surface area contributed by atoms with Crippen molar-refractivity contribution in [2.45, 2.75) is 20.0 Å². The van der Waals surface area contributed by atoms with Gasteiger partial charge in [-0.2, -0.15) is 23.3 Å². The number of carbonyl (C=O) groups excluding carboxylic acids is 1. The van der Waals surface area contributed by atoms with E-state index in [2.05, 4.69) is 20.1 Å². The van der Waals surface area contributed by atoms with Crippen LogP contribution in [-0.2, 0) is 10.9 Å². The monoisotopic (exact) mass is 411 g/mol. The Bertz CT molecular complexity index is 1040. The first-order chi connectivity index (χ1) is 13.2. The average Bonchev–Trinajstić information content (AvgIpc) is 3.04. The van der Waals surface area contributed by atoms with Gasteiger partial charge in [-0.3, -0.25) is 4.98 Å². The number of carbonyl (C=O) groups is 1. The molecule has 0 unspecified atom stereocenters. The maximum absolute atomic E-state index is 13.0. The minimum absolute atomic E-state index is 0.0239. The van der Waals surface area contributed by atoms with Gasteiger partial charge in [0.05, 0.1) is 12.2 Å². The molecule has 0 aliphatic carbocycles. The van der Waals surface area contributed by atoms with E-state index in [1.807, 2.05) is 0 Å². The number of aryl methyl sites for hydroxylation is 1. The van der Waals surface area contributed by atoms with Crippen LogP contribution in [0.15, 0.2) is 30.7 Å². The SMILES string of the molecule is CCOC(=O)c1cncc(-c2cnc(Cl)nc2-n2nc(C(F)(F)F)cc2C)c1. The fourth-order valence-corrected chi connectivity index (χ4v) is 2.59. The van der Waals surface area contributed by atoms with Crippen molar-refractivity contribution in [1.82, 2.24) is 24.7 Å². The summed E-state index contributed by atoms with van der Waals surface area (Å²) in [6, 6.07) is 2.37. The fourth-order valence-electron chi connectivity index (χ4n) is 2.46. The summed E-state index contributed by atoms with van der Waals surface area (Å²) in [6.45, 7) is 3.30. The van der Waals surface area contributed by atoms with Crippen LogP contribution in [0.1, 0.15) is 28.7 Å². The molecule has 0 fully saturated rings. The van der Waals surface area contributed by atoms with Crippen LogP contribution in [0.5, 0.6) is 0 Å². The van der Waals surface area contributed by atoms with Crippen LogP contribution >= 0.6 is 11.6 Å². The number of hydrogen-bond acceptors (Lipinski definition) is 6. The zero-order valence-electron chi connectivity index (χ0n) is 14.7. The van der Waals surface area contributed by atoms with Crippen LogP contribution in [0, 0.1) is 6.92 Å². The van der Waals surface area contributed by atoms with Gasteiger partial charge in [0, 0.05) is 35.4 Å². The lowest BCUT2D eigenvalue weighted by Crippen LogP contribution is -2.10. The van der Waals surface area contributed by atoms with Crippen molar-refractivity contribution in [2.24, 2.45) is 0 Å². The number of alkyl halides is 3. The molecule has 0 amide bonds. The summed E-state index contributed by atoms with van der Waals surface area (Å²) < 4.78 is 45.0. The van der Waals surface area contributed by atoms with Gasteiger partial charge in [-0.1, -0.05) is 0 Å². The van der Waals surface area contributed by atoms with E-state index in [-0.39, 0.29) is 29.0 Å². The topological polar surface area (TPSA) is 82.8 Å². The quantitative estimate of drug-likeness (QED) is 0.478. The zero-order chi connectivity index (χ0) is 20.5. The van der Waals surface area contributed by atoms with Crippen LogP contribution in [0.3, 0.4) is 0 Å². The highest BCUT2D eigenvalue weighted by molar-refractivity contribution is 6.28. The van der Waals surface area contributed by atoms with Crippen molar-refractivity contribution in [3.8, 4) is 16.9 Å². The molecule has 3 aromatic heterocycles. The van der Waals surface area contributed by atoms with Gasteiger partial charge in [0.25, 0.3) is 0 Å². The van der Waals surface area contributed by atoms with Gasteiger partial charge in [0.15, 0.2) is 11.5 Å². The molecule has 3 rings (SSSR count). The third-order valence-electron chi connectivity index (χ3n) is 3.68. The normalized spacial score (nSPS) is 11.5. The van der Waals surface area contributed by atoms with E-state index in [9.17, 15) is 18.0 Å². The average molecular weight is 412 g/mol. The van der Waals surface area contributed by atoms with Gasteiger partial charge in [0.1, 0.15) is 0 Å². The predicted octanol–water partition coefficient (Wildman–Crippen LogP) is 3.88. The Morgan fingerprint density at radius 3 is 2.64 bits per heavy atom. The Labute approximate surface area is 162 Å². The molecule has 3 heterocycles. The molecule has 146 valence electrons. The van der Waals surface area contributed by atoms with Crippen molar-refractivity contribution < 1.29 is 22.7 Å². The molecule has 0 N–H and O–H groups in total. The number of halogens is 4. The highest BCUT2D eigenvalue weighted by atomic mass is 35.5. The van der Waals surface area contributed by atoms with E-state index in [1.165, 1.54) is 31.6 Å². The number of ether oxygens (including phenoxy) is 1. The third kappa shape index (κ3) is 3.96. The second kappa shape index (κ2) is 7.55. The lowest BCUT2D eigenvalue weighted by Gasteiger charge is -2.11. The molecule has 0 atom stereocenters. The van der Waals surface area contributed by atoms with Crippen molar-refractivity contribution in [1.29, 1.82) is 0 Å². The minimum Gasteiger partial charge on any atom is -0.462 e. The standard InChI is InChI=1S/C17H13ClF3N5O2/c1-3-28-15(27)11-5-10(6-22-7-11)12-8-23-16(18)24-14(12)26-9(2)4-13(25-26)17(19,20)21/h4-8H,3H2,1-2H3. The van der Waals surface area contributed by atoms with Crippen LogP contribution in [0.4, 0.5) is 13.2 Å². The van der Waals surface area contributed by atoms with E-state index in [1.54, 1.807) is 6.92 Å². The molecule has 0 bridgehead atoms. The molecule has 0 aliphatic rings. The Balaban J connectivity index is 2.15. The summed E-state index contributed by atoms with van der Waals surface area (Å²) in [7, 11) is 0. The van der Waals surface area contributed by atoms with Crippen LogP contribution in [-0.4, -0.2) is 37.3 Å². The summed E-state index contributed by atoms with van der Waals surface area (Å²) in [6.07, 6.45) is -0.551. The van der Waals surface area contributed by atoms with E-state index >= 15 is 0 Å². The van der Waals surface area contributed by atoms with Gasteiger partial charge in [-0.05, 0) is 37.6 Å². The smallest absolute Gasteiger partial charge is 0.435 e. The second-order valence-corrected chi connectivity index (χ2v) is 5.98. The number of rotatable bonds is 4. The molecule has 0 aromatic carbocycles. The Morgan fingerprint density at radius 1 is 1.25 bits per heavy atom. The first-order valence-corrected chi connectivity index (χ1v) is 8.37. The highest BCUT2D eigenvalue weighted by Gasteiger charge is 2.35. The number of aromatic nitrogens is 5. The van der Waals surface area contributed by atoms with Crippen molar-refractivity contribution in [3.63, 3.8) is 0 Å². The molecule has 11 heteroatoms. The summed E-state index contributed by atoms with van der Waals surface area (Å²) in [5, 5.41) is 3.43. The van der Waals surface area contributed by atoms with Crippen LogP contribution in [0.25, 0.3) is 16.9 Å². The van der Waals surface area contributed by atoms with E-state index in [0.29, 0.717) is 11.1 Å². The lowest BCUT2D eigenvalue weighted by atomic mass is 10.1. The van der Waals surface area contributed by atoms with Gasteiger partial charge in [-0.25, -0.2) is 14.5 Å². The molecule has 3 aromatic rings.